The van der Waals surface area contributed by atoms with Crippen LogP contribution in [0, 0.1) is 13.8 Å². The zero-order chi connectivity index (χ0) is 17.6. The van der Waals surface area contributed by atoms with Crippen LogP contribution in [0.2, 0.25) is 0 Å². The lowest BCUT2D eigenvalue weighted by molar-refractivity contribution is -0.118. The van der Waals surface area contributed by atoms with Gasteiger partial charge in [-0.25, -0.2) is 4.98 Å². The van der Waals surface area contributed by atoms with Crippen molar-refractivity contribution in [2.45, 2.75) is 33.1 Å². The van der Waals surface area contributed by atoms with Crippen molar-refractivity contribution in [2.24, 2.45) is 0 Å². The minimum atomic E-state index is -0.187. The van der Waals surface area contributed by atoms with Crippen molar-refractivity contribution in [3.8, 4) is 5.75 Å². The molecular weight excluding hydrogens is 314 g/mol. The van der Waals surface area contributed by atoms with Crippen LogP contribution in [0.25, 0.3) is 0 Å². The molecule has 0 radical (unpaired) electrons. The summed E-state index contributed by atoms with van der Waals surface area (Å²) >= 11 is 0. The van der Waals surface area contributed by atoms with Crippen molar-refractivity contribution >= 4 is 17.4 Å². The highest BCUT2D eigenvalue weighted by molar-refractivity contribution is 5.91. The first kappa shape index (κ1) is 17.3. The maximum Gasteiger partial charge on any atom is 0.262 e. The molecule has 2 heterocycles. The summed E-state index contributed by atoms with van der Waals surface area (Å²) in [4.78, 5) is 18.9. The van der Waals surface area contributed by atoms with Gasteiger partial charge in [0.15, 0.2) is 6.61 Å². The Morgan fingerprint density at radius 1 is 1.16 bits per heavy atom. The van der Waals surface area contributed by atoms with Gasteiger partial charge in [0.2, 0.25) is 0 Å². The maximum atomic E-state index is 12.1. The van der Waals surface area contributed by atoms with Crippen LogP contribution in [0.1, 0.15) is 30.4 Å². The third kappa shape index (κ3) is 4.50. The largest absolute Gasteiger partial charge is 0.483 e. The molecule has 1 fully saturated rings. The standard InChI is InChI=1S/C20H25N3O2/c1-15-7-6-8-18(16(15)2)25-14-20(24)22-17-9-10-19(21-13-17)23-11-4-3-5-12-23/h6-10,13H,3-5,11-12,14H2,1-2H3,(H,22,24). The van der Waals surface area contributed by atoms with E-state index in [2.05, 4.69) is 15.2 Å². The Morgan fingerprint density at radius 3 is 2.68 bits per heavy atom. The van der Waals surface area contributed by atoms with Crippen molar-refractivity contribution in [3.05, 3.63) is 47.7 Å². The highest BCUT2D eigenvalue weighted by atomic mass is 16.5. The van der Waals surface area contributed by atoms with Crippen LogP contribution in [0.4, 0.5) is 11.5 Å². The van der Waals surface area contributed by atoms with Crippen LogP contribution < -0.4 is 15.0 Å². The lowest BCUT2D eigenvalue weighted by atomic mass is 10.1. The lowest BCUT2D eigenvalue weighted by Gasteiger charge is -2.27. The monoisotopic (exact) mass is 339 g/mol. The normalized spacial score (nSPS) is 14.2. The molecule has 0 bridgehead atoms. The highest BCUT2D eigenvalue weighted by Crippen LogP contribution is 2.21. The number of carbonyl (C=O) groups excluding carboxylic acids is 1. The van der Waals surface area contributed by atoms with Crippen molar-refractivity contribution in [2.75, 3.05) is 29.9 Å². The molecule has 5 heteroatoms. The molecule has 1 aliphatic heterocycles. The number of ether oxygens (including phenoxy) is 1. The molecule has 132 valence electrons. The number of carbonyl (C=O) groups is 1. The molecular formula is C20H25N3O2. The third-order valence-corrected chi connectivity index (χ3v) is 4.63. The van der Waals surface area contributed by atoms with Crippen molar-refractivity contribution in [1.29, 1.82) is 0 Å². The second-order valence-electron chi connectivity index (χ2n) is 6.49. The first-order valence-electron chi connectivity index (χ1n) is 8.83. The van der Waals surface area contributed by atoms with E-state index in [9.17, 15) is 4.79 Å². The number of anilines is 2. The van der Waals surface area contributed by atoms with Gasteiger partial charge >= 0.3 is 0 Å². The summed E-state index contributed by atoms with van der Waals surface area (Å²) in [5.74, 6) is 1.53. The van der Waals surface area contributed by atoms with Gasteiger partial charge < -0.3 is 15.0 Å². The molecule has 1 aromatic heterocycles. The summed E-state index contributed by atoms with van der Waals surface area (Å²) in [6.07, 6.45) is 5.44. The fraction of sp³-hybridized carbons (Fsp3) is 0.400. The average Bonchev–Trinajstić information content (AvgIpc) is 2.64. The number of benzene rings is 1. The van der Waals surface area contributed by atoms with Gasteiger partial charge in [-0.3, -0.25) is 4.79 Å². The average molecular weight is 339 g/mol. The summed E-state index contributed by atoms with van der Waals surface area (Å²) in [5, 5.41) is 2.83. The second-order valence-corrected chi connectivity index (χ2v) is 6.49. The van der Waals surface area contributed by atoms with E-state index in [0.717, 1.165) is 35.8 Å². The van der Waals surface area contributed by atoms with Crippen LogP contribution in [-0.4, -0.2) is 30.6 Å². The van der Waals surface area contributed by atoms with Gasteiger partial charge in [-0.1, -0.05) is 12.1 Å². The van der Waals surface area contributed by atoms with Gasteiger partial charge in [0.05, 0.1) is 11.9 Å². The molecule has 1 N–H and O–H groups in total. The number of piperidine rings is 1. The maximum absolute atomic E-state index is 12.1. The van der Waals surface area contributed by atoms with Crippen LogP contribution in [0.15, 0.2) is 36.5 Å². The van der Waals surface area contributed by atoms with E-state index >= 15 is 0 Å². The van der Waals surface area contributed by atoms with E-state index in [1.807, 2.05) is 44.2 Å². The molecule has 0 spiro atoms. The molecule has 0 unspecified atom stereocenters. The van der Waals surface area contributed by atoms with E-state index in [0.29, 0.717) is 5.69 Å². The Balaban J connectivity index is 1.53. The molecule has 1 amide bonds. The van der Waals surface area contributed by atoms with Crippen molar-refractivity contribution in [3.63, 3.8) is 0 Å². The fourth-order valence-corrected chi connectivity index (χ4v) is 2.99. The molecule has 1 aliphatic rings. The van der Waals surface area contributed by atoms with Crippen molar-refractivity contribution < 1.29 is 9.53 Å². The Morgan fingerprint density at radius 2 is 1.96 bits per heavy atom. The number of rotatable bonds is 5. The number of aromatic nitrogens is 1. The summed E-state index contributed by atoms with van der Waals surface area (Å²) in [5.41, 5.74) is 2.90. The number of nitrogens with one attached hydrogen (secondary N) is 1. The minimum absolute atomic E-state index is 0.0157. The second kappa shape index (κ2) is 8.01. The molecule has 0 saturated carbocycles. The number of hydrogen-bond donors (Lipinski definition) is 1. The number of hydrogen-bond acceptors (Lipinski definition) is 4. The van der Waals surface area contributed by atoms with Gasteiger partial charge in [0.1, 0.15) is 11.6 Å². The van der Waals surface area contributed by atoms with Gasteiger partial charge in [0.25, 0.3) is 5.91 Å². The first-order chi connectivity index (χ1) is 12.1. The molecule has 1 saturated heterocycles. The van der Waals surface area contributed by atoms with Crippen LogP contribution >= 0.6 is 0 Å². The van der Waals surface area contributed by atoms with Gasteiger partial charge in [-0.2, -0.15) is 0 Å². The quantitative estimate of drug-likeness (QED) is 0.902. The highest BCUT2D eigenvalue weighted by Gasteiger charge is 2.12. The third-order valence-electron chi connectivity index (χ3n) is 4.63. The Kier molecular flexibility index (Phi) is 5.53. The van der Waals surface area contributed by atoms with E-state index < -0.39 is 0 Å². The zero-order valence-electron chi connectivity index (χ0n) is 14.9. The molecule has 3 rings (SSSR count). The topological polar surface area (TPSA) is 54.5 Å². The number of pyridine rings is 1. The Labute approximate surface area is 149 Å². The Hall–Kier alpha value is -2.56. The summed E-state index contributed by atoms with van der Waals surface area (Å²) in [6, 6.07) is 9.69. The van der Waals surface area contributed by atoms with Crippen LogP contribution in [0.5, 0.6) is 5.75 Å². The minimum Gasteiger partial charge on any atom is -0.483 e. The molecule has 0 atom stereocenters. The summed E-state index contributed by atoms with van der Waals surface area (Å²) in [6.45, 7) is 6.12. The smallest absolute Gasteiger partial charge is 0.262 e. The first-order valence-corrected chi connectivity index (χ1v) is 8.83. The number of amides is 1. The SMILES string of the molecule is Cc1cccc(OCC(=O)Nc2ccc(N3CCCCC3)nc2)c1C. The predicted molar refractivity (Wildman–Crippen MR) is 100 cm³/mol. The number of aryl methyl sites for hydroxylation is 1. The zero-order valence-corrected chi connectivity index (χ0v) is 14.9. The van der Waals surface area contributed by atoms with E-state index in [1.165, 1.54) is 19.3 Å². The van der Waals surface area contributed by atoms with Gasteiger partial charge in [0, 0.05) is 13.1 Å². The fourth-order valence-electron chi connectivity index (χ4n) is 2.99. The molecule has 2 aromatic rings. The molecule has 1 aromatic carbocycles. The predicted octanol–water partition coefficient (Wildman–Crippen LogP) is 3.71. The van der Waals surface area contributed by atoms with Crippen LogP contribution in [0.3, 0.4) is 0 Å². The summed E-state index contributed by atoms with van der Waals surface area (Å²) in [7, 11) is 0. The molecule has 25 heavy (non-hydrogen) atoms. The van der Waals surface area contributed by atoms with E-state index in [1.54, 1.807) is 6.20 Å². The molecule has 5 nitrogen and oxygen atoms in total. The van der Waals surface area contributed by atoms with Crippen molar-refractivity contribution in [1.82, 2.24) is 4.98 Å². The molecule has 0 aliphatic carbocycles. The van der Waals surface area contributed by atoms with E-state index in [-0.39, 0.29) is 12.5 Å². The lowest BCUT2D eigenvalue weighted by Crippen LogP contribution is -2.30. The van der Waals surface area contributed by atoms with E-state index in [4.69, 9.17) is 4.74 Å². The van der Waals surface area contributed by atoms with Gasteiger partial charge in [-0.15, -0.1) is 0 Å². The van der Waals surface area contributed by atoms with Crippen LogP contribution in [-0.2, 0) is 4.79 Å². The Bertz CT molecular complexity index is 722. The number of nitrogens with zero attached hydrogens (tertiary/aromatic N) is 2. The van der Waals surface area contributed by atoms with Gasteiger partial charge in [-0.05, 0) is 62.4 Å². The summed E-state index contributed by atoms with van der Waals surface area (Å²) < 4.78 is 5.63.